The maximum Gasteiger partial charge on any atom is 0.225 e. The van der Waals surface area contributed by atoms with E-state index in [1.807, 2.05) is 29.2 Å². The molecule has 3 rings (SSSR count). The molecule has 0 unspecified atom stereocenters. The van der Waals surface area contributed by atoms with Crippen molar-refractivity contribution in [3.05, 3.63) is 34.9 Å². The highest BCUT2D eigenvalue weighted by Gasteiger charge is 2.34. The number of rotatable bonds is 2. The molecule has 1 aromatic carbocycles. The molecule has 1 aliphatic heterocycles. The maximum absolute atomic E-state index is 12.6. The van der Waals surface area contributed by atoms with E-state index in [4.69, 9.17) is 22.1 Å². The van der Waals surface area contributed by atoms with E-state index in [2.05, 4.69) is 0 Å². The van der Waals surface area contributed by atoms with Gasteiger partial charge >= 0.3 is 0 Å². The van der Waals surface area contributed by atoms with Crippen molar-refractivity contribution in [2.45, 2.75) is 31.4 Å². The molecule has 1 saturated carbocycles. The van der Waals surface area contributed by atoms with Gasteiger partial charge in [0.15, 0.2) is 0 Å². The summed E-state index contributed by atoms with van der Waals surface area (Å²) in [4.78, 5) is 14.5. The highest BCUT2D eigenvalue weighted by atomic mass is 35.5. The second-order valence-electron chi connectivity index (χ2n) is 5.94. The first-order valence-electron chi connectivity index (χ1n) is 7.55. The van der Waals surface area contributed by atoms with Gasteiger partial charge in [-0.3, -0.25) is 4.79 Å². The van der Waals surface area contributed by atoms with Gasteiger partial charge in [-0.1, -0.05) is 29.8 Å². The Labute approximate surface area is 130 Å². The van der Waals surface area contributed by atoms with Gasteiger partial charge in [-0.15, -0.1) is 0 Å². The molecule has 0 bridgehead atoms. The number of morpholine rings is 1. The molecule has 0 spiro atoms. The standard InChI is InChI=1S/C16H21ClN2O2/c17-14-4-2-1-3-13(14)15-10-19(7-8-21-15)16(20)11-5-6-12(18)9-11/h1-4,11-12,15H,5-10,18H2/t11-,12+,15-/m0/s1. The van der Waals surface area contributed by atoms with Crippen molar-refractivity contribution in [3.63, 3.8) is 0 Å². The van der Waals surface area contributed by atoms with Crippen LogP contribution in [0.4, 0.5) is 0 Å². The molecule has 3 atom stereocenters. The molecule has 5 heteroatoms. The maximum atomic E-state index is 12.6. The second kappa shape index (κ2) is 6.34. The lowest BCUT2D eigenvalue weighted by Crippen LogP contribution is -2.44. The van der Waals surface area contributed by atoms with Gasteiger partial charge in [-0.05, 0) is 25.3 Å². The number of nitrogens with two attached hydrogens (primary N) is 1. The van der Waals surface area contributed by atoms with Crippen molar-refractivity contribution >= 4 is 17.5 Å². The molecule has 0 aromatic heterocycles. The zero-order valence-corrected chi connectivity index (χ0v) is 12.8. The van der Waals surface area contributed by atoms with E-state index >= 15 is 0 Å². The second-order valence-corrected chi connectivity index (χ2v) is 6.34. The van der Waals surface area contributed by atoms with Crippen molar-refractivity contribution < 1.29 is 9.53 Å². The summed E-state index contributed by atoms with van der Waals surface area (Å²) in [5, 5.41) is 0.694. The van der Waals surface area contributed by atoms with Crippen LogP contribution in [0.15, 0.2) is 24.3 Å². The molecule has 114 valence electrons. The van der Waals surface area contributed by atoms with Gasteiger partial charge in [0, 0.05) is 29.1 Å². The average molecular weight is 309 g/mol. The van der Waals surface area contributed by atoms with Crippen LogP contribution in [0, 0.1) is 5.92 Å². The first kappa shape index (κ1) is 14.8. The number of ether oxygens (including phenoxy) is 1. The van der Waals surface area contributed by atoms with Crippen molar-refractivity contribution in [2.24, 2.45) is 11.7 Å². The summed E-state index contributed by atoms with van der Waals surface area (Å²) in [6, 6.07) is 7.85. The lowest BCUT2D eigenvalue weighted by Gasteiger charge is -2.35. The minimum Gasteiger partial charge on any atom is -0.370 e. The van der Waals surface area contributed by atoms with Gasteiger partial charge < -0.3 is 15.4 Å². The normalized spacial score (nSPS) is 29.6. The number of carbonyl (C=O) groups excluding carboxylic acids is 1. The van der Waals surface area contributed by atoms with E-state index < -0.39 is 0 Å². The molecule has 1 aliphatic carbocycles. The number of carbonyl (C=O) groups is 1. The molecule has 21 heavy (non-hydrogen) atoms. The summed E-state index contributed by atoms with van der Waals surface area (Å²) >= 11 is 6.23. The smallest absolute Gasteiger partial charge is 0.225 e. The van der Waals surface area contributed by atoms with Gasteiger partial charge in [0.2, 0.25) is 5.91 Å². The Morgan fingerprint density at radius 3 is 2.86 bits per heavy atom. The summed E-state index contributed by atoms with van der Waals surface area (Å²) < 4.78 is 5.81. The summed E-state index contributed by atoms with van der Waals surface area (Å²) in [6.45, 7) is 1.79. The van der Waals surface area contributed by atoms with Crippen molar-refractivity contribution in [2.75, 3.05) is 19.7 Å². The zero-order valence-electron chi connectivity index (χ0n) is 12.0. The van der Waals surface area contributed by atoms with Crippen LogP contribution in [0.5, 0.6) is 0 Å². The SMILES string of the molecule is N[C@@H]1CC[C@H](C(=O)N2CCO[C@H](c3ccccc3Cl)C2)C1. The van der Waals surface area contributed by atoms with E-state index in [0.717, 1.165) is 24.8 Å². The van der Waals surface area contributed by atoms with Gasteiger partial charge in [0.25, 0.3) is 0 Å². The third-order valence-corrected chi connectivity index (χ3v) is 4.80. The quantitative estimate of drug-likeness (QED) is 0.912. The van der Waals surface area contributed by atoms with Gasteiger partial charge in [0.1, 0.15) is 6.10 Å². The summed E-state index contributed by atoms with van der Waals surface area (Å²) in [5.41, 5.74) is 6.88. The van der Waals surface area contributed by atoms with Crippen LogP contribution in [0.3, 0.4) is 0 Å². The van der Waals surface area contributed by atoms with Crippen molar-refractivity contribution in [1.29, 1.82) is 0 Å². The topological polar surface area (TPSA) is 55.6 Å². The third kappa shape index (κ3) is 3.23. The van der Waals surface area contributed by atoms with E-state index in [9.17, 15) is 4.79 Å². The number of hydrogen-bond acceptors (Lipinski definition) is 3. The van der Waals surface area contributed by atoms with Gasteiger partial charge in [-0.2, -0.15) is 0 Å². The number of halogens is 1. The summed E-state index contributed by atoms with van der Waals surface area (Å²) in [6.07, 6.45) is 2.54. The zero-order chi connectivity index (χ0) is 14.8. The minimum absolute atomic E-state index is 0.0880. The molecule has 0 radical (unpaired) electrons. The lowest BCUT2D eigenvalue weighted by molar-refractivity contribution is -0.143. The Morgan fingerprint density at radius 1 is 1.33 bits per heavy atom. The molecule has 4 nitrogen and oxygen atoms in total. The highest BCUT2D eigenvalue weighted by Crippen LogP contribution is 2.31. The van der Waals surface area contributed by atoms with E-state index in [-0.39, 0.29) is 24.0 Å². The van der Waals surface area contributed by atoms with Crippen LogP contribution >= 0.6 is 11.6 Å². The van der Waals surface area contributed by atoms with Crippen LogP contribution in [0.2, 0.25) is 5.02 Å². The molecule has 1 aromatic rings. The third-order valence-electron chi connectivity index (χ3n) is 4.45. The Bertz CT molecular complexity index is 523. The van der Waals surface area contributed by atoms with Crippen molar-refractivity contribution in [3.8, 4) is 0 Å². The fraction of sp³-hybridized carbons (Fsp3) is 0.562. The van der Waals surface area contributed by atoms with Crippen LogP contribution in [-0.2, 0) is 9.53 Å². The minimum atomic E-state index is -0.133. The number of benzene rings is 1. The first-order valence-corrected chi connectivity index (χ1v) is 7.93. The number of hydrogen-bond donors (Lipinski definition) is 1. The number of amides is 1. The first-order chi connectivity index (χ1) is 10.1. The van der Waals surface area contributed by atoms with Crippen LogP contribution in [0.1, 0.15) is 30.9 Å². The van der Waals surface area contributed by atoms with Crippen LogP contribution in [-0.4, -0.2) is 36.5 Å². The highest BCUT2D eigenvalue weighted by molar-refractivity contribution is 6.31. The predicted octanol–water partition coefficient (Wildman–Crippen LogP) is 2.37. The van der Waals surface area contributed by atoms with Crippen LogP contribution in [0.25, 0.3) is 0 Å². The molecule has 1 saturated heterocycles. The lowest BCUT2D eigenvalue weighted by atomic mass is 10.0. The average Bonchev–Trinajstić information content (AvgIpc) is 2.94. The molecular formula is C16H21ClN2O2. The Morgan fingerprint density at radius 2 is 2.14 bits per heavy atom. The summed E-state index contributed by atoms with van der Waals surface area (Å²) in [5.74, 6) is 0.313. The van der Waals surface area contributed by atoms with E-state index in [1.54, 1.807) is 0 Å². The van der Waals surface area contributed by atoms with E-state index in [0.29, 0.717) is 24.7 Å². The molecule has 1 amide bonds. The molecular weight excluding hydrogens is 288 g/mol. The number of nitrogens with zero attached hydrogens (tertiary/aromatic N) is 1. The van der Waals surface area contributed by atoms with Crippen molar-refractivity contribution in [1.82, 2.24) is 4.90 Å². The molecule has 1 heterocycles. The largest absolute Gasteiger partial charge is 0.370 e. The predicted molar refractivity (Wildman–Crippen MR) is 82.0 cm³/mol. The van der Waals surface area contributed by atoms with Gasteiger partial charge in [0.05, 0.1) is 13.2 Å². The fourth-order valence-electron chi connectivity index (χ4n) is 3.27. The Balaban J connectivity index is 1.68. The van der Waals surface area contributed by atoms with Crippen LogP contribution < -0.4 is 5.73 Å². The molecule has 2 aliphatic rings. The van der Waals surface area contributed by atoms with Gasteiger partial charge in [-0.25, -0.2) is 0 Å². The molecule has 2 fully saturated rings. The fourth-order valence-corrected chi connectivity index (χ4v) is 3.53. The Kier molecular flexibility index (Phi) is 4.48. The monoisotopic (exact) mass is 308 g/mol. The van der Waals surface area contributed by atoms with E-state index in [1.165, 1.54) is 0 Å². The molecule has 2 N–H and O–H groups in total. The Hall–Kier alpha value is -1.10. The summed E-state index contributed by atoms with van der Waals surface area (Å²) in [7, 11) is 0.